The van der Waals surface area contributed by atoms with Crippen molar-refractivity contribution in [2.45, 2.75) is 44.6 Å². The van der Waals surface area contributed by atoms with E-state index in [9.17, 15) is 0 Å². The zero-order valence-electron chi connectivity index (χ0n) is 21.2. The average Bonchev–Trinajstić information content (AvgIpc) is 3.75. The normalized spacial score (nSPS) is 13.9. The topological polar surface area (TPSA) is 38.1 Å². The van der Waals surface area contributed by atoms with Crippen LogP contribution in [0, 0.1) is 6.92 Å². The maximum Gasteiger partial charge on any atom is 0.190 e. The first-order valence-corrected chi connectivity index (χ1v) is 13.3. The fraction of sp³-hybridized carbons (Fsp3) is 0.206. The van der Waals surface area contributed by atoms with E-state index < -0.39 is 0 Å². The molecular formula is C34H32N2O. The van der Waals surface area contributed by atoms with Gasteiger partial charge in [0, 0.05) is 5.56 Å². The van der Waals surface area contributed by atoms with Crippen LogP contribution in [0.2, 0.25) is 0 Å². The Morgan fingerprint density at radius 2 is 1.35 bits per heavy atom. The molecule has 0 aliphatic heterocycles. The fourth-order valence-corrected chi connectivity index (χ4v) is 5.05. The Morgan fingerprint density at radius 1 is 0.757 bits per heavy atom. The number of aryl methyl sites for hydroxylation is 2. The molecule has 1 heterocycles. The molecule has 1 unspecified atom stereocenters. The van der Waals surface area contributed by atoms with Crippen LogP contribution in [-0.2, 0) is 6.42 Å². The molecule has 6 rings (SSSR count). The molecule has 4 aromatic carbocycles. The van der Waals surface area contributed by atoms with Gasteiger partial charge in [-0.05, 0) is 66.3 Å². The van der Waals surface area contributed by atoms with Crippen molar-refractivity contribution in [1.29, 1.82) is 0 Å². The van der Waals surface area contributed by atoms with E-state index >= 15 is 0 Å². The maximum absolute atomic E-state index is 5.86. The highest BCUT2D eigenvalue weighted by molar-refractivity contribution is 5.77. The molecule has 0 saturated heterocycles. The molecule has 1 aromatic heterocycles. The van der Waals surface area contributed by atoms with Crippen molar-refractivity contribution in [3.63, 3.8) is 0 Å². The first-order chi connectivity index (χ1) is 18.2. The monoisotopic (exact) mass is 484 g/mol. The molecule has 1 atom stereocenters. The summed E-state index contributed by atoms with van der Waals surface area (Å²) in [5.41, 5.74) is 9.38. The Balaban J connectivity index is 1.24. The summed E-state index contributed by atoms with van der Waals surface area (Å²) < 4.78 is 5.86. The molecule has 3 heteroatoms. The first-order valence-electron chi connectivity index (χ1n) is 13.3. The molecule has 1 aliphatic rings. The summed E-state index contributed by atoms with van der Waals surface area (Å²) in [6.45, 7) is 2.00. The first kappa shape index (κ1) is 23.3. The molecule has 1 aliphatic carbocycles. The number of anilines is 1. The zero-order valence-corrected chi connectivity index (χ0v) is 21.2. The van der Waals surface area contributed by atoms with E-state index in [1.54, 1.807) is 0 Å². The molecule has 0 bridgehead atoms. The number of hydrogen-bond donors (Lipinski definition) is 1. The van der Waals surface area contributed by atoms with Crippen molar-refractivity contribution >= 4 is 5.69 Å². The number of aromatic nitrogens is 1. The van der Waals surface area contributed by atoms with Crippen molar-refractivity contribution in [2.75, 3.05) is 5.32 Å². The largest absolute Gasteiger partial charge is 0.374 e. The van der Waals surface area contributed by atoms with Crippen LogP contribution in [0.3, 0.4) is 0 Å². The lowest BCUT2D eigenvalue weighted by atomic mass is 9.97. The van der Waals surface area contributed by atoms with Gasteiger partial charge in [0.1, 0.15) is 11.4 Å². The third-order valence-corrected chi connectivity index (χ3v) is 7.39. The van der Waals surface area contributed by atoms with Crippen molar-refractivity contribution in [2.24, 2.45) is 0 Å². The lowest BCUT2D eigenvalue weighted by molar-refractivity contribution is 0.427. The van der Waals surface area contributed by atoms with E-state index in [-0.39, 0.29) is 6.04 Å². The van der Waals surface area contributed by atoms with Gasteiger partial charge in [-0.15, -0.1) is 0 Å². The van der Waals surface area contributed by atoms with E-state index in [2.05, 4.69) is 120 Å². The SMILES string of the molecule is Cc1noc(-c2ccc(-c3ccc(C4CC4)cc3)cc2)c1NC(CCc1ccccc1)c1ccccc1. The van der Waals surface area contributed by atoms with Gasteiger partial charge < -0.3 is 9.84 Å². The average molecular weight is 485 g/mol. The lowest BCUT2D eigenvalue weighted by Crippen LogP contribution is -2.13. The lowest BCUT2D eigenvalue weighted by Gasteiger charge is -2.21. The second-order valence-corrected chi connectivity index (χ2v) is 10.1. The molecule has 5 aromatic rings. The van der Waals surface area contributed by atoms with Gasteiger partial charge in [-0.2, -0.15) is 0 Å². The van der Waals surface area contributed by atoms with E-state index in [1.807, 2.05) is 6.92 Å². The Bertz CT molecular complexity index is 1430. The quantitative estimate of drug-likeness (QED) is 0.227. The Labute approximate surface area is 219 Å². The van der Waals surface area contributed by atoms with E-state index in [0.29, 0.717) is 0 Å². The van der Waals surface area contributed by atoms with Crippen LogP contribution >= 0.6 is 0 Å². The summed E-state index contributed by atoms with van der Waals surface area (Å²) in [6, 6.07) is 39.1. The summed E-state index contributed by atoms with van der Waals surface area (Å²) in [4.78, 5) is 0. The number of nitrogens with zero attached hydrogens (tertiary/aromatic N) is 1. The van der Waals surface area contributed by atoms with Gasteiger partial charge in [0.05, 0.1) is 6.04 Å². The molecule has 0 spiro atoms. The van der Waals surface area contributed by atoms with Crippen LogP contribution in [0.4, 0.5) is 5.69 Å². The molecule has 0 radical (unpaired) electrons. The van der Waals surface area contributed by atoms with Crippen molar-refractivity contribution in [3.05, 3.63) is 132 Å². The third-order valence-electron chi connectivity index (χ3n) is 7.39. The second-order valence-electron chi connectivity index (χ2n) is 10.1. The number of benzene rings is 4. The number of rotatable bonds is 9. The predicted molar refractivity (Wildman–Crippen MR) is 152 cm³/mol. The van der Waals surface area contributed by atoms with Gasteiger partial charge in [-0.25, -0.2) is 0 Å². The highest BCUT2D eigenvalue weighted by Gasteiger charge is 2.23. The second kappa shape index (κ2) is 10.5. The van der Waals surface area contributed by atoms with Crippen LogP contribution in [0.5, 0.6) is 0 Å². The predicted octanol–water partition coefficient (Wildman–Crippen LogP) is 8.98. The highest BCUT2D eigenvalue weighted by atomic mass is 16.5. The Kier molecular flexibility index (Phi) is 6.60. The van der Waals surface area contributed by atoms with Gasteiger partial charge in [0.2, 0.25) is 0 Å². The molecular weight excluding hydrogens is 452 g/mol. The minimum atomic E-state index is 0.141. The van der Waals surface area contributed by atoms with Crippen molar-refractivity contribution in [3.8, 4) is 22.5 Å². The zero-order chi connectivity index (χ0) is 25.0. The standard InChI is InChI=1S/C34H32N2O/c1-24-33(35-32(30-10-6-3-7-11-30)23-12-25-8-4-2-5-9-25)34(37-36-24)31-21-19-29(20-22-31)28-17-15-27(16-18-28)26-13-14-26/h2-11,15-22,26,32,35H,12-14,23H2,1H3. The van der Waals surface area contributed by atoms with Crippen LogP contribution in [0.1, 0.15) is 53.6 Å². The van der Waals surface area contributed by atoms with Gasteiger partial charge in [-0.3, -0.25) is 0 Å². The van der Waals surface area contributed by atoms with Crippen molar-refractivity contribution in [1.82, 2.24) is 5.16 Å². The molecule has 184 valence electrons. The summed E-state index contributed by atoms with van der Waals surface area (Å²) in [7, 11) is 0. The van der Waals surface area contributed by atoms with Gasteiger partial charge in [0.25, 0.3) is 0 Å². The smallest absolute Gasteiger partial charge is 0.190 e. The molecule has 1 N–H and O–H groups in total. The minimum Gasteiger partial charge on any atom is -0.374 e. The van der Waals surface area contributed by atoms with Crippen molar-refractivity contribution < 1.29 is 4.52 Å². The molecule has 1 fully saturated rings. The summed E-state index contributed by atoms with van der Waals surface area (Å²) in [5, 5.41) is 8.13. The summed E-state index contributed by atoms with van der Waals surface area (Å²) in [5.74, 6) is 1.57. The maximum atomic E-state index is 5.86. The van der Waals surface area contributed by atoms with Crippen LogP contribution in [0.25, 0.3) is 22.5 Å². The van der Waals surface area contributed by atoms with E-state index in [1.165, 1.54) is 40.7 Å². The van der Waals surface area contributed by atoms with Crippen LogP contribution < -0.4 is 5.32 Å². The molecule has 1 saturated carbocycles. The van der Waals surface area contributed by atoms with Crippen LogP contribution in [0.15, 0.2) is 114 Å². The van der Waals surface area contributed by atoms with E-state index in [4.69, 9.17) is 4.52 Å². The number of hydrogen-bond acceptors (Lipinski definition) is 3. The molecule has 37 heavy (non-hydrogen) atoms. The summed E-state index contributed by atoms with van der Waals surface area (Å²) >= 11 is 0. The third kappa shape index (κ3) is 5.36. The number of nitrogens with one attached hydrogen (secondary N) is 1. The minimum absolute atomic E-state index is 0.141. The fourth-order valence-electron chi connectivity index (χ4n) is 5.05. The molecule has 0 amide bonds. The Morgan fingerprint density at radius 3 is 2.00 bits per heavy atom. The van der Waals surface area contributed by atoms with E-state index in [0.717, 1.165) is 41.5 Å². The highest BCUT2D eigenvalue weighted by Crippen LogP contribution is 2.41. The van der Waals surface area contributed by atoms with Crippen LogP contribution in [-0.4, -0.2) is 5.16 Å². The summed E-state index contributed by atoms with van der Waals surface area (Å²) in [6.07, 6.45) is 4.62. The van der Waals surface area contributed by atoms with Gasteiger partial charge in [0.15, 0.2) is 5.76 Å². The Hall–Kier alpha value is -4.11. The van der Waals surface area contributed by atoms with Gasteiger partial charge >= 0.3 is 0 Å². The van der Waals surface area contributed by atoms with Gasteiger partial charge in [-0.1, -0.05) is 114 Å². The molecule has 3 nitrogen and oxygen atoms in total.